The number of aryl methyl sites for hydroxylation is 1. The number of fused-ring (bicyclic) bond motifs is 1. The first-order valence-corrected chi connectivity index (χ1v) is 9.22. The number of nitrogens with one attached hydrogen (secondary N) is 1. The lowest BCUT2D eigenvalue weighted by Gasteiger charge is -2.11. The number of anilines is 1. The molecule has 0 aromatic heterocycles. The van der Waals surface area contributed by atoms with Crippen LogP contribution < -0.4 is 10.1 Å². The summed E-state index contributed by atoms with van der Waals surface area (Å²) in [7, 11) is 3.50. The molecule has 0 heterocycles. The van der Waals surface area contributed by atoms with E-state index in [-0.39, 0.29) is 18.4 Å². The smallest absolute Gasteiger partial charge is 0.262 e. The second-order valence-electron chi connectivity index (χ2n) is 6.83. The predicted octanol–water partition coefficient (Wildman–Crippen LogP) is 3.88. The minimum atomic E-state index is -0.219. The third-order valence-corrected chi connectivity index (χ3v) is 4.45. The number of rotatable bonds is 7. The summed E-state index contributed by atoms with van der Waals surface area (Å²) in [6.45, 7) is -0.0581. The molecule has 0 aliphatic rings. The summed E-state index contributed by atoms with van der Waals surface area (Å²) in [5.41, 5.74) is 1.76. The van der Waals surface area contributed by atoms with Crippen LogP contribution in [0.15, 0.2) is 66.7 Å². The number of carbonyl (C=O) groups excluding carboxylic acids is 2. The molecule has 3 aromatic carbocycles. The van der Waals surface area contributed by atoms with Gasteiger partial charge >= 0.3 is 0 Å². The lowest BCUT2D eigenvalue weighted by molar-refractivity contribution is -0.128. The molecule has 0 aliphatic carbocycles. The molecule has 1 N–H and O–H groups in total. The Morgan fingerprint density at radius 2 is 1.64 bits per heavy atom. The van der Waals surface area contributed by atoms with Crippen LogP contribution in [-0.2, 0) is 16.0 Å². The van der Waals surface area contributed by atoms with E-state index in [4.69, 9.17) is 4.74 Å². The van der Waals surface area contributed by atoms with Gasteiger partial charge in [-0.3, -0.25) is 9.59 Å². The summed E-state index contributed by atoms with van der Waals surface area (Å²) >= 11 is 0. The van der Waals surface area contributed by atoms with Crippen LogP contribution in [0.1, 0.15) is 12.0 Å². The molecular formula is C23H24N2O3. The van der Waals surface area contributed by atoms with E-state index in [1.54, 1.807) is 19.0 Å². The van der Waals surface area contributed by atoms with Crippen molar-refractivity contribution < 1.29 is 14.3 Å². The van der Waals surface area contributed by atoms with Crippen molar-refractivity contribution in [2.45, 2.75) is 12.8 Å². The van der Waals surface area contributed by atoms with Gasteiger partial charge in [-0.25, -0.2) is 0 Å². The first-order chi connectivity index (χ1) is 13.5. The average molecular weight is 376 g/mol. The molecule has 0 saturated carbocycles. The van der Waals surface area contributed by atoms with Crippen LogP contribution in [0, 0.1) is 0 Å². The molecule has 5 nitrogen and oxygen atoms in total. The zero-order valence-corrected chi connectivity index (χ0v) is 16.1. The van der Waals surface area contributed by atoms with Crippen LogP contribution in [0.25, 0.3) is 10.8 Å². The molecule has 5 heteroatoms. The van der Waals surface area contributed by atoms with Gasteiger partial charge in [-0.1, -0.05) is 42.5 Å². The Labute approximate surface area is 164 Å². The first-order valence-electron chi connectivity index (χ1n) is 9.22. The highest BCUT2D eigenvalue weighted by atomic mass is 16.5. The molecule has 144 valence electrons. The van der Waals surface area contributed by atoms with Crippen molar-refractivity contribution in [2.75, 3.05) is 26.0 Å². The fraction of sp³-hybridized carbons (Fsp3) is 0.217. The topological polar surface area (TPSA) is 58.6 Å². The summed E-state index contributed by atoms with van der Waals surface area (Å²) < 4.78 is 5.60. The predicted molar refractivity (Wildman–Crippen MR) is 112 cm³/mol. The Morgan fingerprint density at radius 1 is 0.929 bits per heavy atom. The zero-order chi connectivity index (χ0) is 19.9. The molecule has 28 heavy (non-hydrogen) atoms. The quantitative estimate of drug-likeness (QED) is 0.681. The Bertz CT molecular complexity index is 965. The molecule has 0 bridgehead atoms. The second-order valence-corrected chi connectivity index (χ2v) is 6.83. The Morgan fingerprint density at radius 3 is 2.36 bits per heavy atom. The normalized spacial score (nSPS) is 10.5. The van der Waals surface area contributed by atoms with E-state index < -0.39 is 0 Å². The number of hydrogen-bond donors (Lipinski definition) is 1. The summed E-state index contributed by atoms with van der Waals surface area (Å²) in [5, 5.41) is 5.02. The van der Waals surface area contributed by atoms with Crippen molar-refractivity contribution in [1.82, 2.24) is 4.90 Å². The molecule has 3 rings (SSSR count). The Kier molecular flexibility index (Phi) is 6.27. The minimum Gasteiger partial charge on any atom is -0.484 e. The van der Waals surface area contributed by atoms with Crippen LogP contribution in [0.2, 0.25) is 0 Å². The van der Waals surface area contributed by atoms with Gasteiger partial charge in [0.25, 0.3) is 5.91 Å². The Balaban J connectivity index is 1.49. The van der Waals surface area contributed by atoms with E-state index in [2.05, 4.69) is 5.32 Å². The first kappa shape index (κ1) is 19.4. The fourth-order valence-electron chi connectivity index (χ4n) is 2.83. The van der Waals surface area contributed by atoms with E-state index in [0.717, 1.165) is 16.3 Å². The fourth-order valence-corrected chi connectivity index (χ4v) is 2.83. The molecule has 0 unspecified atom stereocenters. The zero-order valence-electron chi connectivity index (χ0n) is 16.1. The second kappa shape index (κ2) is 9.04. The number of carbonyl (C=O) groups is 2. The molecule has 0 radical (unpaired) electrons. The molecule has 0 spiro atoms. The third kappa shape index (κ3) is 5.33. The SMILES string of the molecule is CN(C)C(=O)CCc1ccc(NC(=O)COc2ccc3ccccc3c2)cc1. The van der Waals surface area contributed by atoms with Crippen LogP contribution in [-0.4, -0.2) is 37.4 Å². The lowest BCUT2D eigenvalue weighted by atomic mass is 10.1. The van der Waals surface area contributed by atoms with Crippen LogP contribution in [0.3, 0.4) is 0 Å². The van der Waals surface area contributed by atoms with Gasteiger partial charge in [-0.15, -0.1) is 0 Å². The van der Waals surface area contributed by atoms with Crippen molar-refractivity contribution in [1.29, 1.82) is 0 Å². The highest BCUT2D eigenvalue weighted by Gasteiger charge is 2.06. The monoisotopic (exact) mass is 376 g/mol. The van der Waals surface area contributed by atoms with Gasteiger partial charge in [0.2, 0.25) is 5.91 Å². The van der Waals surface area contributed by atoms with Crippen molar-refractivity contribution in [3.05, 3.63) is 72.3 Å². The molecule has 0 saturated heterocycles. The molecule has 0 fully saturated rings. The van der Waals surface area contributed by atoms with Gasteiger partial charge in [0.05, 0.1) is 0 Å². The maximum Gasteiger partial charge on any atom is 0.262 e. The maximum atomic E-state index is 12.1. The number of nitrogens with zero attached hydrogens (tertiary/aromatic N) is 1. The van der Waals surface area contributed by atoms with Gasteiger partial charge in [-0.2, -0.15) is 0 Å². The third-order valence-electron chi connectivity index (χ3n) is 4.45. The standard InChI is InChI=1S/C23H24N2O3/c1-25(2)23(27)14-9-17-7-11-20(12-8-17)24-22(26)16-28-21-13-10-18-5-3-4-6-19(18)15-21/h3-8,10-13,15H,9,14,16H2,1-2H3,(H,24,26). The summed E-state index contributed by atoms with van der Waals surface area (Å²) in [5.74, 6) is 0.543. The van der Waals surface area contributed by atoms with Crippen LogP contribution >= 0.6 is 0 Å². The molecular weight excluding hydrogens is 352 g/mol. The summed E-state index contributed by atoms with van der Waals surface area (Å²) in [6, 6.07) is 21.3. The van der Waals surface area contributed by atoms with Crippen molar-refractivity contribution >= 4 is 28.3 Å². The van der Waals surface area contributed by atoms with E-state index in [1.165, 1.54) is 0 Å². The summed E-state index contributed by atoms with van der Waals surface area (Å²) in [4.78, 5) is 25.4. The Hall–Kier alpha value is -3.34. The van der Waals surface area contributed by atoms with Crippen LogP contribution in [0.4, 0.5) is 5.69 Å². The molecule has 0 atom stereocenters. The van der Waals surface area contributed by atoms with Gasteiger partial charge in [0.15, 0.2) is 6.61 Å². The van der Waals surface area contributed by atoms with Crippen LogP contribution in [0.5, 0.6) is 5.75 Å². The number of ether oxygens (including phenoxy) is 1. The molecule has 2 amide bonds. The van der Waals surface area contributed by atoms with E-state index in [1.807, 2.05) is 66.7 Å². The van der Waals surface area contributed by atoms with Gasteiger partial charge in [0, 0.05) is 26.2 Å². The van der Waals surface area contributed by atoms with E-state index in [9.17, 15) is 9.59 Å². The lowest BCUT2D eigenvalue weighted by Crippen LogP contribution is -2.21. The van der Waals surface area contributed by atoms with E-state index >= 15 is 0 Å². The van der Waals surface area contributed by atoms with Gasteiger partial charge in [0.1, 0.15) is 5.75 Å². The van der Waals surface area contributed by atoms with E-state index in [0.29, 0.717) is 24.3 Å². The van der Waals surface area contributed by atoms with Crippen molar-refractivity contribution in [2.24, 2.45) is 0 Å². The molecule has 3 aromatic rings. The largest absolute Gasteiger partial charge is 0.484 e. The minimum absolute atomic E-state index is 0.0581. The van der Waals surface area contributed by atoms with Crippen molar-refractivity contribution in [3.63, 3.8) is 0 Å². The number of amides is 2. The van der Waals surface area contributed by atoms with Gasteiger partial charge < -0.3 is 15.0 Å². The number of benzene rings is 3. The highest BCUT2D eigenvalue weighted by molar-refractivity contribution is 5.92. The number of hydrogen-bond acceptors (Lipinski definition) is 3. The van der Waals surface area contributed by atoms with Crippen molar-refractivity contribution in [3.8, 4) is 5.75 Å². The summed E-state index contributed by atoms with van der Waals surface area (Å²) in [6.07, 6.45) is 1.15. The molecule has 0 aliphatic heterocycles. The highest BCUT2D eigenvalue weighted by Crippen LogP contribution is 2.20. The average Bonchev–Trinajstić information content (AvgIpc) is 2.71. The van der Waals surface area contributed by atoms with Gasteiger partial charge in [-0.05, 0) is 47.0 Å². The maximum absolute atomic E-state index is 12.1.